The minimum atomic E-state index is 0.530. The highest BCUT2D eigenvalue weighted by Gasteiger charge is 2.21. The third-order valence-corrected chi connectivity index (χ3v) is 3.50. The first-order valence-corrected chi connectivity index (χ1v) is 6.43. The second-order valence-corrected chi connectivity index (χ2v) is 4.99. The van der Waals surface area contributed by atoms with Gasteiger partial charge >= 0.3 is 0 Å². The van der Waals surface area contributed by atoms with E-state index in [0.717, 1.165) is 11.1 Å². The molecular formula is C13H14ClN3O. The molecular weight excluding hydrogens is 250 g/mol. The fourth-order valence-electron chi connectivity index (χ4n) is 1.80. The van der Waals surface area contributed by atoms with Gasteiger partial charge in [0.15, 0.2) is 5.82 Å². The quantitative estimate of drug-likeness (QED) is 0.921. The Bertz CT molecular complexity index is 563. The summed E-state index contributed by atoms with van der Waals surface area (Å²) < 4.78 is 5.28. The van der Waals surface area contributed by atoms with Crippen LogP contribution >= 0.6 is 11.6 Å². The van der Waals surface area contributed by atoms with Crippen molar-refractivity contribution in [2.24, 2.45) is 0 Å². The number of aromatic nitrogens is 2. The summed E-state index contributed by atoms with van der Waals surface area (Å²) >= 11 is 6.08. The summed E-state index contributed by atoms with van der Waals surface area (Å²) in [5, 5.41) is 8.04. The van der Waals surface area contributed by atoms with E-state index < -0.39 is 0 Å². The highest BCUT2D eigenvalue weighted by Crippen LogP contribution is 2.27. The molecule has 3 rings (SSSR count). The Morgan fingerprint density at radius 2 is 2.28 bits per heavy atom. The molecule has 1 saturated carbocycles. The smallest absolute Gasteiger partial charge is 0.258 e. The Balaban J connectivity index is 1.80. The van der Waals surface area contributed by atoms with E-state index in [-0.39, 0.29) is 0 Å². The molecule has 0 amide bonds. The van der Waals surface area contributed by atoms with Crippen molar-refractivity contribution in [1.29, 1.82) is 0 Å². The molecule has 0 unspecified atom stereocenters. The standard InChI is InChI=1S/C13H14ClN3O/c1-8-10(3-2-4-11(8)14)13-16-12(17-18-13)7-15-9-5-6-9/h2-4,9,15H,5-7H2,1H3. The van der Waals surface area contributed by atoms with Crippen molar-refractivity contribution < 1.29 is 4.52 Å². The van der Waals surface area contributed by atoms with E-state index in [9.17, 15) is 0 Å². The van der Waals surface area contributed by atoms with Crippen LogP contribution in [0.2, 0.25) is 5.02 Å². The first kappa shape index (κ1) is 11.7. The number of halogens is 1. The van der Waals surface area contributed by atoms with Gasteiger partial charge in [0.05, 0.1) is 6.54 Å². The lowest BCUT2D eigenvalue weighted by Crippen LogP contribution is -2.16. The minimum Gasteiger partial charge on any atom is -0.334 e. The maximum atomic E-state index is 6.08. The van der Waals surface area contributed by atoms with Crippen LogP contribution in [0.3, 0.4) is 0 Å². The zero-order chi connectivity index (χ0) is 12.5. The molecule has 1 heterocycles. The molecule has 0 aliphatic heterocycles. The number of nitrogens with one attached hydrogen (secondary N) is 1. The van der Waals surface area contributed by atoms with Crippen molar-refractivity contribution in [3.8, 4) is 11.5 Å². The van der Waals surface area contributed by atoms with Gasteiger partial charge in [-0.3, -0.25) is 0 Å². The Labute approximate surface area is 110 Å². The van der Waals surface area contributed by atoms with Crippen LogP contribution in [-0.2, 0) is 6.54 Å². The average Bonchev–Trinajstić information content (AvgIpc) is 3.08. The van der Waals surface area contributed by atoms with Crippen LogP contribution < -0.4 is 5.32 Å². The molecule has 1 aromatic carbocycles. The van der Waals surface area contributed by atoms with Crippen molar-refractivity contribution in [1.82, 2.24) is 15.5 Å². The van der Waals surface area contributed by atoms with Gasteiger partial charge < -0.3 is 9.84 Å². The minimum absolute atomic E-state index is 0.530. The van der Waals surface area contributed by atoms with Gasteiger partial charge in [-0.15, -0.1) is 0 Å². The Hall–Kier alpha value is -1.39. The van der Waals surface area contributed by atoms with Gasteiger partial charge in [0.25, 0.3) is 5.89 Å². The van der Waals surface area contributed by atoms with Crippen LogP contribution in [0.15, 0.2) is 22.7 Å². The molecule has 1 aliphatic carbocycles. The van der Waals surface area contributed by atoms with Crippen LogP contribution in [0.1, 0.15) is 24.2 Å². The van der Waals surface area contributed by atoms with E-state index in [1.807, 2.05) is 25.1 Å². The molecule has 18 heavy (non-hydrogen) atoms. The van der Waals surface area contributed by atoms with E-state index in [0.29, 0.717) is 29.3 Å². The van der Waals surface area contributed by atoms with Gasteiger partial charge in [-0.05, 0) is 37.5 Å². The third kappa shape index (κ3) is 2.40. The summed E-state index contributed by atoms with van der Waals surface area (Å²) in [5.41, 5.74) is 1.86. The van der Waals surface area contributed by atoms with E-state index in [2.05, 4.69) is 15.5 Å². The molecule has 1 N–H and O–H groups in total. The van der Waals surface area contributed by atoms with Crippen molar-refractivity contribution >= 4 is 11.6 Å². The predicted octanol–water partition coefficient (Wildman–Crippen LogP) is 2.95. The zero-order valence-electron chi connectivity index (χ0n) is 10.1. The molecule has 1 fully saturated rings. The molecule has 0 atom stereocenters. The number of hydrogen-bond donors (Lipinski definition) is 1. The average molecular weight is 264 g/mol. The van der Waals surface area contributed by atoms with Crippen molar-refractivity contribution in [3.63, 3.8) is 0 Å². The molecule has 0 spiro atoms. The van der Waals surface area contributed by atoms with Crippen LogP contribution in [0, 0.1) is 6.92 Å². The maximum absolute atomic E-state index is 6.08. The molecule has 4 nitrogen and oxygen atoms in total. The van der Waals surface area contributed by atoms with Crippen LogP contribution in [-0.4, -0.2) is 16.2 Å². The van der Waals surface area contributed by atoms with Gasteiger partial charge in [-0.2, -0.15) is 4.98 Å². The number of nitrogens with zero attached hydrogens (tertiary/aromatic N) is 2. The monoisotopic (exact) mass is 263 g/mol. The fraction of sp³-hybridized carbons (Fsp3) is 0.385. The first-order valence-electron chi connectivity index (χ1n) is 6.05. The van der Waals surface area contributed by atoms with E-state index in [1.54, 1.807) is 0 Å². The Morgan fingerprint density at radius 3 is 3.06 bits per heavy atom. The molecule has 5 heteroatoms. The summed E-state index contributed by atoms with van der Waals surface area (Å²) in [5.74, 6) is 1.22. The highest BCUT2D eigenvalue weighted by molar-refractivity contribution is 6.31. The molecule has 94 valence electrons. The molecule has 0 bridgehead atoms. The van der Waals surface area contributed by atoms with Crippen molar-refractivity contribution in [2.75, 3.05) is 0 Å². The summed E-state index contributed by atoms with van der Waals surface area (Å²) in [6.07, 6.45) is 2.50. The zero-order valence-corrected chi connectivity index (χ0v) is 10.9. The lowest BCUT2D eigenvalue weighted by Gasteiger charge is -2.01. The van der Waals surface area contributed by atoms with Crippen LogP contribution in [0.4, 0.5) is 0 Å². The van der Waals surface area contributed by atoms with Crippen LogP contribution in [0.25, 0.3) is 11.5 Å². The Kier molecular flexibility index (Phi) is 3.06. The third-order valence-electron chi connectivity index (χ3n) is 3.09. The highest BCUT2D eigenvalue weighted by atomic mass is 35.5. The second kappa shape index (κ2) is 4.71. The van der Waals surface area contributed by atoms with Gasteiger partial charge in [0.2, 0.25) is 0 Å². The maximum Gasteiger partial charge on any atom is 0.258 e. The van der Waals surface area contributed by atoms with E-state index in [1.165, 1.54) is 12.8 Å². The molecule has 0 saturated heterocycles. The number of rotatable bonds is 4. The van der Waals surface area contributed by atoms with Gasteiger partial charge in [-0.25, -0.2) is 0 Å². The SMILES string of the molecule is Cc1c(Cl)cccc1-c1nc(CNC2CC2)no1. The largest absolute Gasteiger partial charge is 0.334 e. The summed E-state index contributed by atoms with van der Waals surface area (Å²) in [6, 6.07) is 6.32. The fourth-order valence-corrected chi connectivity index (χ4v) is 1.97. The summed E-state index contributed by atoms with van der Waals surface area (Å²) in [4.78, 5) is 4.38. The van der Waals surface area contributed by atoms with Crippen molar-refractivity contribution in [2.45, 2.75) is 32.4 Å². The first-order chi connectivity index (χ1) is 8.74. The Morgan fingerprint density at radius 1 is 1.44 bits per heavy atom. The molecule has 1 aromatic heterocycles. The number of hydrogen-bond acceptors (Lipinski definition) is 4. The topological polar surface area (TPSA) is 51.0 Å². The summed E-state index contributed by atoms with van der Waals surface area (Å²) in [7, 11) is 0. The normalized spacial score (nSPS) is 15.0. The molecule has 0 radical (unpaired) electrons. The predicted molar refractivity (Wildman–Crippen MR) is 69.3 cm³/mol. The summed E-state index contributed by atoms with van der Waals surface area (Å²) in [6.45, 7) is 2.61. The van der Waals surface area contributed by atoms with E-state index in [4.69, 9.17) is 16.1 Å². The molecule has 2 aromatic rings. The second-order valence-electron chi connectivity index (χ2n) is 4.58. The molecule has 1 aliphatic rings. The number of benzene rings is 1. The van der Waals surface area contributed by atoms with Gasteiger partial charge in [-0.1, -0.05) is 22.8 Å². The lowest BCUT2D eigenvalue weighted by atomic mass is 10.1. The van der Waals surface area contributed by atoms with Gasteiger partial charge in [0, 0.05) is 16.6 Å². The van der Waals surface area contributed by atoms with E-state index >= 15 is 0 Å². The van der Waals surface area contributed by atoms with Crippen LogP contribution in [0.5, 0.6) is 0 Å². The van der Waals surface area contributed by atoms with Crippen molar-refractivity contribution in [3.05, 3.63) is 34.6 Å². The lowest BCUT2D eigenvalue weighted by molar-refractivity contribution is 0.419. The van der Waals surface area contributed by atoms with Gasteiger partial charge in [0.1, 0.15) is 0 Å².